The van der Waals surface area contributed by atoms with E-state index in [1.54, 1.807) is 0 Å². The second kappa shape index (κ2) is 10.8. The average Bonchev–Trinajstić information content (AvgIpc) is 3.31. The highest BCUT2D eigenvalue weighted by atomic mass is 35.5. The first kappa shape index (κ1) is 25.3. The number of nitrogens with one attached hydrogen (secondary N) is 2. The van der Waals surface area contributed by atoms with Gasteiger partial charge in [-0.2, -0.15) is 18.3 Å². The van der Waals surface area contributed by atoms with Crippen molar-refractivity contribution in [3.8, 4) is 11.1 Å². The van der Waals surface area contributed by atoms with Crippen LogP contribution in [0.25, 0.3) is 11.1 Å². The Morgan fingerprint density at radius 1 is 1.23 bits per heavy atom. The molecule has 0 spiro atoms. The molecule has 3 aromatic rings. The van der Waals surface area contributed by atoms with Gasteiger partial charge in [-0.25, -0.2) is 0 Å². The Morgan fingerprint density at radius 2 is 2.03 bits per heavy atom. The minimum Gasteiger partial charge on any atom is -0.344 e. The SMILES string of the molecule is CCCn1cc(-c2cccc([C@H](NC(=O)c3cccc(C(F)(F)F)c3Cl)C3CCCCN3)c2)cn1. The number of alkyl halides is 3. The third kappa shape index (κ3) is 5.87. The van der Waals surface area contributed by atoms with Crippen molar-refractivity contribution >= 4 is 17.5 Å². The first-order chi connectivity index (χ1) is 16.8. The molecule has 1 aromatic heterocycles. The number of benzene rings is 2. The summed E-state index contributed by atoms with van der Waals surface area (Å²) in [4.78, 5) is 13.2. The lowest BCUT2D eigenvalue weighted by Crippen LogP contribution is -2.46. The van der Waals surface area contributed by atoms with E-state index in [-0.39, 0.29) is 11.6 Å². The van der Waals surface area contributed by atoms with Gasteiger partial charge in [-0.1, -0.05) is 49.2 Å². The van der Waals surface area contributed by atoms with Crippen LogP contribution in [0.15, 0.2) is 54.9 Å². The molecule has 1 aliphatic heterocycles. The van der Waals surface area contributed by atoms with Gasteiger partial charge in [0.1, 0.15) is 0 Å². The molecule has 1 aliphatic rings. The molecule has 2 atom stereocenters. The van der Waals surface area contributed by atoms with E-state index in [0.29, 0.717) is 0 Å². The van der Waals surface area contributed by atoms with Crippen molar-refractivity contribution in [1.82, 2.24) is 20.4 Å². The van der Waals surface area contributed by atoms with Gasteiger partial charge in [0.05, 0.1) is 28.4 Å². The van der Waals surface area contributed by atoms with Crippen LogP contribution < -0.4 is 10.6 Å². The van der Waals surface area contributed by atoms with Crippen LogP contribution in [-0.2, 0) is 12.7 Å². The minimum atomic E-state index is -4.64. The molecule has 186 valence electrons. The molecule has 4 rings (SSSR count). The number of hydrogen-bond donors (Lipinski definition) is 2. The van der Waals surface area contributed by atoms with Gasteiger partial charge in [0.15, 0.2) is 0 Å². The molecule has 0 bridgehead atoms. The molecule has 1 unspecified atom stereocenters. The molecule has 1 saturated heterocycles. The summed E-state index contributed by atoms with van der Waals surface area (Å²) in [5.41, 5.74) is 1.56. The van der Waals surface area contributed by atoms with E-state index >= 15 is 0 Å². The number of aromatic nitrogens is 2. The quantitative estimate of drug-likeness (QED) is 0.400. The van der Waals surface area contributed by atoms with E-state index in [4.69, 9.17) is 11.6 Å². The fourth-order valence-corrected chi connectivity index (χ4v) is 4.82. The molecular formula is C26H28ClF3N4O. The summed E-state index contributed by atoms with van der Waals surface area (Å²) in [5, 5.41) is 10.2. The maximum Gasteiger partial charge on any atom is 0.417 e. The topological polar surface area (TPSA) is 59.0 Å². The van der Waals surface area contributed by atoms with Gasteiger partial charge in [-0.3, -0.25) is 9.48 Å². The fraction of sp³-hybridized carbons (Fsp3) is 0.385. The summed E-state index contributed by atoms with van der Waals surface area (Å²) >= 11 is 6.03. The maximum absolute atomic E-state index is 13.3. The molecule has 35 heavy (non-hydrogen) atoms. The van der Waals surface area contributed by atoms with Crippen molar-refractivity contribution in [2.75, 3.05) is 6.54 Å². The van der Waals surface area contributed by atoms with Gasteiger partial charge in [-0.15, -0.1) is 0 Å². The van der Waals surface area contributed by atoms with Crippen molar-refractivity contribution in [2.24, 2.45) is 0 Å². The lowest BCUT2D eigenvalue weighted by atomic mass is 9.90. The highest BCUT2D eigenvalue weighted by Crippen LogP contribution is 2.36. The molecule has 2 heterocycles. The van der Waals surface area contributed by atoms with E-state index in [9.17, 15) is 18.0 Å². The van der Waals surface area contributed by atoms with Crippen LogP contribution in [-0.4, -0.2) is 28.3 Å². The number of rotatable bonds is 7. The standard InChI is InChI=1S/C26H28ClF3N4O/c1-2-13-34-16-19(15-32-34)17-7-5-8-18(14-17)24(22-11-3-4-12-31-22)33-25(35)20-9-6-10-21(23(20)27)26(28,29)30/h5-10,14-16,22,24,31H,2-4,11-13H2,1H3,(H,33,35)/t22?,24-/m0/s1. The summed E-state index contributed by atoms with van der Waals surface area (Å²) in [6.45, 7) is 3.72. The van der Waals surface area contributed by atoms with Gasteiger partial charge in [0, 0.05) is 24.3 Å². The summed E-state index contributed by atoms with van der Waals surface area (Å²) in [5.74, 6) is -0.639. The number of halogens is 4. The zero-order chi connectivity index (χ0) is 25.0. The lowest BCUT2D eigenvalue weighted by molar-refractivity contribution is -0.137. The molecular weight excluding hydrogens is 477 g/mol. The number of carbonyl (C=O) groups excluding carboxylic acids is 1. The van der Waals surface area contributed by atoms with Gasteiger partial charge in [0.2, 0.25) is 0 Å². The summed E-state index contributed by atoms with van der Waals surface area (Å²) in [6, 6.07) is 10.7. The van der Waals surface area contributed by atoms with Crippen LogP contribution in [0.1, 0.15) is 60.1 Å². The highest BCUT2D eigenvalue weighted by molar-refractivity contribution is 6.34. The molecule has 0 aliphatic carbocycles. The van der Waals surface area contributed by atoms with Crippen LogP contribution in [0.4, 0.5) is 13.2 Å². The molecule has 0 saturated carbocycles. The molecule has 9 heteroatoms. The minimum absolute atomic E-state index is 0.0599. The van der Waals surface area contributed by atoms with Gasteiger partial charge < -0.3 is 10.6 Å². The van der Waals surface area contributed by atoms with E-state index in [0.717, 1.165) is 61.5 Å². The van der Waals surface area contributed by atoms with Gasteiger partial charge >= 0.3 is 6.18 Å². The van der Waals surface area contributed by atoms with Crippen molar-refractivity contribution in [1.29, 1.82) is 0 Å². The number of piperidine rings is 1. The van der Waals surface area contributed by atoms with E-state index < -0.39 is 28.7 Å². The highest BCUT2D eigenvalue weighted by Gasteiger charge is 2.35. The third-order valence-corrected chi connectivity index (χ3v) is 6.66. The fourth-order valence-electron chi connectivity index (χ4n) is 4.50. The predicted octanol–water partition coefficient (Wildman–Crippen LogP) is 6.25. The van der Waals surface area contributed by atoms with Crippen LogP contribution in [0.3, 0.4) is 0 Å². The van der Waals surface area contributed by atoms with Gasteiger partial charge in [0.25, 0.3) is 5.91 Å². The Morgan fingerprint density at radius 3 is 2.74 bits per heavy atom. The maximum atomic E-state index is 13.3. The zero-order valence-corrected chi connectivity index (χ0v) is 20.2. The monoisotopic (exact) mass is 504 g/mol. The zero-order valence-electron chi connectivity index (χ0n) is 19.4. The van der Waals surface area contributed by atoms with E-state index in [1.807, 2.05) is 41.3 Å². The van der Waals surface area contributed by atoms with Crippen LogP contribution in [0.5, 0.6) is 0 Å². The molecule has 1 amide bonds. The van der Waals surface area contributed by atoms with Crippen LogP contribution >= 0.6 is 11.6 Å². The van der Waals surface area contributed by atoms with Crippen molar-refractivity contribution in [3.63, 3.8) is 0 Å². The number of carbonyl (C=O) groups is 1. The Hall–Kier alpha value is -2.84. The Bertz CT molecular complexity index is 1170. The molecule has 2 aromatic carbocycles. The Kier molecular flexibility index (Phi) is 7.82. The summed E-state index contributed by atoms with van der Waals surface area (Å²) in [7, 11) is 0. The average molecular weight is 505 g/mol. The van der Waals surface area contributed by atoms with E-state index in [2.05, 4.69) is 22.7 Å². The number of amides is 1. The Balaban J connectivity index is 1.66. The second-order valence-corrected chi connectivity index (χ2v) is 9.17. The van der Waals surface area contributed by atoms with Crippen molar-refractivity contribution in [3.05, 3.63) is 76.6 Å². The molecule has 1 fully saturated rings. The molecule has 2 N–H and O–H groups in total. The Labute approximate surface area is 207 Å². The first-order valence-electron chi connectivity index (χ1n) is 11.8. The normalized spacial score (nSPS) is 17.2. The first-order valence-corrected chi connectivity index (χ1v) is 12.2. The summed E-state index contributed by atoms with van der Waals surface area (Å²) in [6.07, 6.45) is 2.99. The molecule has 5 nitrogen and oxygen atoms in total. The molecule has 0 radical (unpaired) electrons. The number of hydrogen-bond acceptors (Lipinski definition) is 3. The second-order valence-electron chi connectivity index (χ2n) is 8.79. The van der Waals surface area contributed by atoms with Crippen molar-refractivity contribution in [2.45, 2.75) is 57.4 Å². The smallest absolute Gasteiger partial charge is 0.344 e. The lowest BCUT2D eigenvalue weighted by Gasteiger charge is -2.32. The van der Waals surface area contributed by atoms with E-state index in [1.165, 1.54) is 12.1 Å². The van der Waals surface area contributed by atoms with Gasteiger partial charge in [-0.05, 0) is 55.1 Å². The number of aryl methyl sites for hydroxylation is 1. The predicted molar refractivity (Wildman–Crippen MR) is 130 cm³/mol. The largest absolute Gasteiger partial charge is 0.417 e. The van der Waals surface area contributed by atoms with Crippen LogP contribution in [0, 0.1) is 0 Å². The summed E-state index contributed by atoms with van der Waals surface area (Å²) < 4.78 is 41.9. The van der Waals surface area contributed by atoms with Crippen molar-refractivity contribution < 1.29 is 18.0 Å². The third-order valence-electron chi connectivity index (χ3n) is 6.25. The van der Waals surface area contributed by atoms with Crippen LogP contribution in [0.2, 0.25) is 5.02 Å². The number of nitrogens with zero attached hydrogens (tertiary/aromatic N) is 2.